The summed E-state index contributed by atoms with van der Waals surface area (Å²) >= 11 is 0. The van der Waals surface area contributed by atoms with Crippen molar-refractivity contribution >= 4 is 6.21 Å². The van der Waals surface area contributed by atoms with E-state index in [0.29, 0.717) is 0 Å². The van der Waals surface area contributed by atoms with Crippen molar-refractivity contribution < 1.29 is 0 Å². The van der Waals surface area contributed by atoms with Gasteiger partial charge >= 0.3 is 0 Å². The van der Waals surface area contributed by atoms with Crippen LogP contribution in [0.5, 0.6) is 0 Å². The maximum absolute atomic E-state index is 4.46. The van der Waals surface area contributed by atoms with Gasteiger partial charge in [-0.25, -0.2) is 0 Å². The number of aliphatic imine (C=N–C) groups is 1. The standard InChI is InChI=1S/C11H21N/c1-2-3-9-12-10-11-7-5-4-6-8-11/h9,11H,2-8,10H2,1H3. The fourth-order valence-corrected chi connectivity index (χ4v) is 1.81. The largest absolute Gasteiger partial charge is 0.297 e. The van der Waals surface area contributed by atoms with Gasteiger partial charge in [-0.15, -0.1) is 0 Å². The highest BCUT2D eigenvalue weighted by Gasteiger charge is 2.11. The Hall–Kier alpha value is -0.330. The highest BCUT2D eigenvalue weighted by atomic mass is 14.7. The number of hydrogen-bond acceptors (Lipinski definition) is 1. The van der Waals surface area contributed by atoms with Crippen molar-refractivity contribution in [2.45, 2.75) is 51.9 Å². The first-order valence-electron chi connectivity index (χ1n) is 5.41. The van der Waals surface area contributed by atoms with Crippen LogP contribution in [0.25, 0.3) is 0 Å². The van der Waals surface area contributed by atoms with Gasteiger partial charge in [0.25, 0.3) is 0 Å². The van der Waals surface area contributed by atoms with E-state index in [2.05, 4.69) is 18.1 Å². The van der Waals surface area contributed by atoms with Gasteiger partial charge < -0.3 is 0 Å². The molecule has 1 rings (SSSR count). The normalized spacial score (nSPS) is 20.4. The van der Waals surface area contributed by atoms with Crippen molar-refractivity contribution in [3.05, 3.63) is 0 Å². The Morgan fingerprint density at radius 3 is 2.67 bits per heavy atom. The predicted molar refractivity (Wildman–Crippen MR) is 54.8 cm³/mol. The molecule has 1 saturated carbocycles. The summed E-state index contributed by atoms with van der Waals surface area (Å²) in [5.74, 6) is 0.909. The lowest BCUT2D eigenvalue weighted by molar-refractivity contribution is 0.367. The zero-order valence-electron chi connectivity index (χ0n) is 8.26. The monoisotopic (exact) mass is 167 g/mol. The quantitative estimate of drug-likeness (QED) is 0.569. The lowest BCUT2D eigenvalue weighted by Crippen LogP contribution is -2.09. The average molecular weight is 167 g/mol. The van der Waals surface area contributed by atoms with Crippen LogP contribution >= 0.6 is 0 Å². The molecule has 0 bridgehead atoms. The minimum absolute atomic E-state index is 0.909. The molecule has 1 fully saturated rings. The summed E-state index contributed by atoms with van der Waals surface area (Å²) in [7, 11) is 0. The van der Waals surface area contributed by atoms with Gasteiger partial charge in [-0.2, -0.15) is 0 Å². The first kappa shape index (κ1) is 9.76. The summed E-state index contributed by atoms with van der Waals surface area (Å²) in [6.07, 6.45) is 11.7. The maximum atomic E-state index is 4.46. The molecule has 12 heavy (non-hydrogen) atoms. The Kier molecular flexibility index (Phi) is 5.05. The smallest absolute Gasteiger partial charge is 0.0413 e. The SMILES string of the molecule is CCCC=NCC1CCCCC1. The highest BCUT2D eigenvalue weighted by Crippen LogP contribution is 2.23. The van der Waals surface area contributed by atoms with E-state index < -0.39 is 0 Å². The average Bonchev–Trinajstić information content (AvgIpc) is 2.14. The maximum Gasteiger partial charge on any atom is 0.0413 e. The highest BCUT2D eigenvalue weighted by molar-refractivity contribution is 5.56. The van der Waals surface area contributed by atoms with Gasteiger partial charge in [0.2, 0.25) is 0 Å². The van der Waals surface area contributed by atoms with E-state index in [-0.39, 0.29) is 0 Å². The molecular weight excluding hydrogens is 146 g/mol. The molecule has 0 spiro atoms. The summed E-state index contributed by atoms with van der Waals surface area (Å²) < 4.78 is 0. The van der Waals surface area contributed by atoms with Gasteiger partial charge in [0, 0.05) is 6.54 Å². The molecule has 0 aromatic heterocycles. The van der Waals surface area contributed by atoms with Crippen LogP contribution in [-0.2, 0) is 0 Å². The number of nitrogens with zero attached hydrogens (tertiary/aromatic N) is 1. The summed E-state index contributed by atoms with van der Waals surface area (Å²) in [5.41, 5.74) is 0. The molecule has 0 radical (unpaired) electrons. The summed E-state index contributed by atoms with van der Waals surface area (Å²) in [5, 5.41) is 0. The lowest BCUT2D eigenvalue weighted by atomic mass is 9.89. The van der Waals surface area contributed by atoms with Crippen LogP contribution in [-0.4, -0.2) is 12.8 Å². The fourth-order valence-electron chi connectivity index (χ4n) is 1.81. The zero-order valence-corrected chi connectivity index (χ0v) is 8.26. The number of unbranched alkanes of at least 4 members (excludes halogenated alkanes) is 1. The fraction of sp³-hybridized carbons (Fsp3) is 0.909. The topological polar surface area (TPSA) is 12.4 Å². The van der Waals surface area contributed by atoms with Gasteiger partial charge in [0.1, 0.15) is 0 Å². The molecule has 0 unspecified atom stereocenters. The number of hydrogen-bond donors (Lipinski definition) is 0. The van der Waals surface area contributed by atoms with Crippen molar-refractivity contribution in [2.24, 2.45) is 10.9 Å². The van der Waals surface area contributed by atoms with Crippen molar-refractivity contribution in [2.75, 3.05) is 6.54 Å². The molecule has 1 aliphatic rings. The molecule has 1 nitrogen and oxygen atoms in total. The Balaban J connectivity index is 2.04. The molecule has 0 aliphatic heterocycles. The van der Waals surface area contributed by atoms with E-state index in [1.807, 2.05) is 0 Å². The lowest BCUT2D eigenvalue weighted by Gasteiger charge is -2.19. The zero-order chi connectivity index (χ0) is 8.65. The van der Waals surface area contributed by atoms with Gasteiger partial charge in [0.15, 0.2) is 0 Å². The van der Waals surface area contributed by atoms with Gasteiger partial charge in [-0.3, -0.25) is 4.99 Å². The minimum atomic E-state index is 0.909. The van der Waals surface area contributed by atoms with Crippen LogP contribution in [0, 0.1) is 5.92 Å². The van der Waals surface area contributed by atoms with Gasteiger partial charge in [-0.1, -0.05) is 32.6 Å². The van der Waals surface area contributed by atoms with E-state index in [1.165, 1.54) is 38.5 Å². The summed E-state index contributed by atoms with van der Waals surface area (Å²) in [6.45, 7) is 3.30. The molecule has 0 heterocycles. The van der Waals surface area contributed by atoms with E-state index in [9.17, 15) is 0 Å². The third-order valence-electron chi connectivity index (χ3n) is 2.64. The molecule has 0 saturated heterocycles. The molecule has 0 N–H and O–H groups in total. The van der Waals surface area contributed by atoms with Crippen LogP contribution in [0.15, 0.2) is 4.99 Å². The van der Waals surface area contributed by atoms with E-state index >= 15 is 0 Å². The Morgan fingerprint density at radius 2 is 2.00 bits per heavy atom. The predicted octanol–water partition coefficient (Wildman–Crippen LogP) is 3.44. The van der Waals surface area contributed by atoms with Crippen molar-refractivity contribution in [3.8, 4) is 0 Å². The van der Waals surface area contributed by atoms with Crippen molar-refractivity contribution in [3.63, 3.8) is 0 Å². The Bertz CT molecular complexity index is 123. The van der Waals surface area contributed by atoms with Gasteiger partial charge in [-0.05, 0) is 31.4 Å². The van der Waals surface area contributed by atoms with E-state index in [4.69, 9.17) is 0 Å². The molecule has 0 atom stereocenters. The van der Waals surface area contributed by atoms with Crippen LogP contribution in [0.3, 0.4) is 0 Å². The molecule has 1 heteroatoms. The van der Waals surface area contributed by atoms with Crippen LogP contribution in [0.1, 0.15) is 51.9 Å². The second kappa shape index (κ2) is 6.22. The van der Waals surface area contributed by atoms with E-state index in [1.54, 1.807) is 0 Å². The molecule has 70 valence electrons. The van der Waals surface area contributed by atoms with Crippen molar-refractivity contribution in [1.29, 1.82) is 0 Å². The molecule has 0 aromatic rings. The second-order valence-corrected chi connectivity index (χ2v) is 3.84. The second-order valence-electron chi connectivity index (χ2n) is 3.84. The van der Waals surface area contributed by atoms with E-state index in [0.717, 1.165) is 18.9 Å². The number of rotatable bonds is 4. The van der Waals surface area contributed by atoms with Crippen LogP contribution in [0.4, 0.5) is 0 Å². The molecule has 0 aromatic carbocycles. The summed E-state index contributed by atoms with van der Waals surface area (Å²) in [6, 6.07) is 0. The summed E-state index contributed by atoms with van der Waals surface area (Å²) in [4.78, 5) is 4.46. The molecular formula is C11H21N. The van der Waals surface area contributed by atoms with Crippen molar-refractivity contribution in [1.82, 2.24) is 0 Å². The first-order valence-corrected chi connectivity index (χ1v) is 5.41. The van der Waals surface area contributed by atoms with Crippen LogP contribution < -0.4 is 0 Å². The minimum Gasteiger partial charge on any atom is -0.297 e. The molecule has 0 amide bonds. The first-order chi connectivity index (χ1) is 5.93. The van der Waals surface area contributed by atoms with Crippen LogP contribution in [0.2, 0.25) is 0 Å². The molecule has 1 aliphatic carbocycles. The Labute approximate surface area is 76.3 Å². The third-order valence-corrected chi connectivity index (χ3v) is 2.64. The third kappa shape index (κ3) is 3.89. The Morgan fingerprint density at radius 1 is 1.25 bits per heavy atom. The van der Waals surface area contributed by atoms with Gasteiger partial charge in [0.05, 0.1) is 0 Å².